The molecule has 1 amide bonds. The number of morpholine rings is 1. The maximum Gasteiger partial charge on any atom is 0.210 e. The zero-order chi connectivity index (χ0) is 21.1. The number of anilines is 1. The number of fused-ring (bicyclic) bond motifs is 1. The van der Waals surface area contributed by atoms with Gasteiger partial charge >= 0.3 is 0 Å². The molecule has 0 bridgehead atoms. The Morgan fingerprint density at radius 3 is 2.73 bits per heavy atom. The first-order chi connectivity index (χ1) is 14.6. The molecular weight excluding hydrogens is 380 g/mol. The Labute approximate surface area is 177 Å². The van der Waals surface area contributed by atoms with Gasteiger partial charge in [-0.2, -0.15) is 0 Å². The molecule has 4 rings (SSSR count). The van der Waals surface area contributed by atoms with Crippen LogP contribution in [0.25, 0.3) is 11.4 Å². The summed E-state index contributed by atoms with van der Waals surface area (Å²) in [6.07, 6.45) is 2.82. The van der Waals surface area contributed by atoms with Crippen LogP contribution >= 0.6 is 0 Å². The summed E-state index contributed by atoms with van der Waals surface area (Å²) in [6.45, 7) is 7.28. The summed E-state index contributed by atoms with van der Waals surface area (Å²) >= 11 is 0. The van der Waals surface area contributed by atoms with Gasteiger partial charge in [-0.15, -0.1) is 0 Å². The number of ketones is 1. The predicted molar refractivity (Wildman–Crippen MR) is 114 cm³/mol. The summed E-state index contributed by atoms with van der Waals surface area (Å²) in [5.74, 6) is 1.82. The molecule has 2 aliphatic heterocycles. The molecule has 3 heterocycles. The number of aromatic nitrogens is 2. The van der Waals surface area contributed by atoms with Crippen LogP contribution in [-0.4, -0.2) is 52.9 Å². The van der Waals surface area contributed by atoms with Crippen LogP contribution in [0.4, 0.5) is 5.82 Å². The topological polar surface area (TPSA) is 75.6 Å². The van der Waals surface area contributed by atoms with E-state index >= 15 is 0 Å². The zero-order valence-electron chi connectivity index (χ0n) is 17.6. The second-order valence-corrected chi connectivity index (χ2v) is 8.09. The van der Waals surface area contributed by atoms with Gasteiger partial charge in [0.2, 0.25) is 6.41 Å². The van der Waals surface area contributed by atoms with Gasteiger partial charge in [-0.05, 0) is 18.9 Å². The highest BCUT2D eigenvalue weighted by molar-refractivity contribution is 5.81. The van der Waals surface area contributed by atoms with Gasteiger partial charge in [0, 0.05) is 30.5 Å². The van der Waals surface area contributed by atoms with E-state index in [1.807, 2.05) is 31.2 Å². The fraction of sp³-hybridized carbons (Fsp3) is 0.478. The highest BCUT2D eigenvalue weighted by atomic mass is 16.5. The van der Waals surface area contributed by atoms with E-state index in [0.717, 1.165) is 47.6 Å². The summed E-state index contributed by atoms with van der Waals surface area (Å²) in [5, 5.41) is 0. The quantitative estimate of drug-likeness (QED) is 0.656. The molecule has 1 aromatic heterocycles. The van der Waals surface area contributed by atoms with E-state index in [0.29, 0.717) is 45.0 Å². The monoisotopic (exact) mass is 408 g/mol. The molecule has 0 radical (unpaired) electrons. The third-order valence-corrected chi connectivity index (χ3v) is 5.72. The lowest BCUT2D eigenvalue weighted by molar-refractivity contribution is -0.119. The van der Waals surface area contributed by atoms with Crippen LogP contribution in [0.2, 0.25) is 0 Å². The van der Waals surface area contributed by atoms with Crippen LogP contribution < -0.4 is 4.90 Å². The van der Waals surface area contributed by atoms with Gasteiger partial charge < -0.3 is 14.5 Å². The second-order valence-electron chi connectivity index (χ2n) is 8.09. The van der Waals surface area contributed by atoms with E-state index in [2.05, 4.69) is 11.8 Å². The van der Waals surface area contributed by atoms with Crippen LogP contribution in [0.15, 0.2) is 24.3 Å². The SMILES string of the molecule is CCCC(=O)Cc1ccc(-c2nc3c(c(N4CCOC[C@@H]4C)n2)CN(C=O)C3)cc1. The molecule has 2 aliphatic rings. The predicted octanol–water partition coefficient (Wildman–Crippen LogP) is 2.75. The van der Waals surface area contributed by atoms with Crippen molar-refractivity contribution >= 4 is 18.0 Å². The van der Waals surface area contributed by atoms with Crippen molar-refractivity contribution in [2.75, 3.05) is 24.7 Å². The van der Waals surface area contributed by atoms with Crippen molar-refractivity contribution in [3.63, 3.8) is 0 Å². The third-order valence-electron chi connectivity index (χ3n) is 5.72. The van der Waals surface area contributed by atoms with E-state index < -0.39 is 0 Å². The van der Waals surface area contributed by atoms with Crippen molar-refractivity contribution in [3.05, 3.63) is 41.1 Å². The van der Waals surface area contributed by atoms with Crippen molar-refractivity contribution < 1.29 is 14.3 Å². The molecule has 7 nitrogen and oxygen atoms in total. The highest BCUT2D eigenvalue weighted by Crippen LogP contribution is 2.32. The fourth-order valence-electron chi connectivity index (χ4n) is 4.11. The minimum atomic E-state index is 0.211. The Morgan fingerprint density at radius 1 is 1.23 bits per heavy atom. The van der Waals surface area contributed by atoms with E-state index in [4.69, 9.17) is 14.7 Å². The molecule has 0 N–H and O–H groups in total. The van der Waals surface area contributed by atoms with E-state index in [9.17, 15) is 9.59 Å². The van der Waals surface area contributed by atoms with Gasteiger partial charge in [0.05, 0.1) is 38.0 Å². The molecule has 158 valence electrons. The Balaban J connectivity index is 1.66. The normalized spacial score (nSPS) is 18.4. The van der Waals surface area contributed by atoms with Gasteiger partial charge in [0.1, 0.15) is 11.6 Å². The molecule has 2 aromatic rings. The number of ether oxygens (including phenoxy) is 1. The van der Waals surface area contributed by atoms with Crippen LogP contribution in [0.3, 0.4) is 0 Å². The number of Topliss-reactive ketones (excluding diaryl/α,β-unsaturated/α-hetero) is 1. The van der Waals surface area contributed by atoms with Crippen LogP contribution in [0.1, 0.15) is 43.5 Å². The minimum Gasteiger partial charge on any atom is -0.377 e. The largest absolute Gasteiger partial charge is 0.377 e. The number of carbonyl (C=O) groups excluding carboxylic acids is 2. The molecule has 1 atom stereocenters. The zero-order valence-corrected chi connectivity index (χ0v) is 17.6. The van der Waals surface area contributed by atoms with Gasteiger partial charge in [0.15, 0.2) is 5.82 Å². The maximum absolute atomic E-state index is 11.9. The summed E-state index contributed by atoms with van der Waals surface area (Å²) in [5.41, 5.74) is 3.85. The summed E-state index contributed by atoms with van der Waals surface area (Å²) in [4.78, 5) is 37.0. The number of hydrogen-bond acceptors (Lipinski definition) is 6. The van der Waals surface area contributed by atoms with Crippen molar-refractivity contribution in [3.8, 4) is 11.4 Å². The lowest BCUT2D eigenvalue weighted by Gasteiger charge is -2.35. The van der Waals surface area contributed by atoms with Crippen molar-refractivity contribution in [1.82, 2.24) is 14.9 Å². The molecule has 1 saturated heterocycles. The van der Waals surface area contributed by atoms with E-state index in [1.165, 1.54) is 0 Å². The number of hydrogen-bond donors (Lipinski definition) is 0. The molecule has 0 aliphatic carbocycles. The van der Waals surface area contributed by atoms with Crippen molar-refractivity contribution in [1.29, 1.82) is 0 Å². The smallest absolute Gasteiger partial charge is 0.210 e. The molecule has 30 heavy (non-hydrogen) atoms. The lowest BCUT2D eigenvalue weighted by atomic mass is 10.0. The summed E-state index contributed by atoms with van der Waals surface area (Å²) in [7, 11) is 0. The number of nitrogens with zero attached hydrogens (tertiary/aromatic N) is 4. The van der Waals surface area contributed by atoms with Gasteiger partial charge in [0.25, 0.3) is 0 Å². The number of benzene rings is 1. The number of amides is 1. The minimum absolute atomic E-state index is 0.211. The Hall–Kier alpha value is -2.80. The van der Waals surface area contributed by atoms with Crippen molar-refractivity contribution in [2.24, 2.45) is 0 Å². The van der Waals surface area contributed by atoms with Crippen LogP contribution in [0.5, 0.6) is 0 Å². The Bertz CT molecular complexity index is 929. The van der Waals surface area contributed by atoms with Crippen molar-refractivity contribution in [2.45, 2.75) is 52.2 Å². The van der Waals surface area contributed by atoms with Gasteiger partial charge in [-0.3, -0.25) is 9.59 Å². The number of carbonyl (C=O) groups is 2. The standard InChI is InChI=1S/C23H28N4O3/c1-3-4-19(29)11-17-5-7-18(8-6-17)22-24-21-13-26(15-28)12-20(21)23(25-22)27-9-10-30-14-16(27)2/h5-8,15-16H,3-4,9-14H2,1-2H3/t16-/m0/s1. The molecule has 1 fully saturated rings. The molecular formula is C23H28N4O3. The highest BCUT2D eigenvalue weighted by Gasteiger charge is 2.30. The molecule has 0 unspecified atom stereocenters. The fourth-order valence-corrected chi connectivity index (χ4v) is 4.11. The third kappa shape index (κ3) is 4.21. The molecule has 1 aromatic carbocycles. The Morgan fingerprint density at radius 2 is 2.03 bits per heavy atom. The van der Waals surface area contributed by atoms with Gasteiger partial charge in [-0.1, -0.05) is 31.2 Å². The average Bonchev–Trinajstić information content (AvgIpc) is 3.18. The first-order valence-electron chi connectivity index (χ1n) is 10.6. The second kappa shape index (κ2) is 8.92. The van der Waals surface area contributed by atoms with E-state index in [-0.39, 0.29) is 11.8 Å². The summed E-state index contributed by atoms with van der Waals surface area (Å²) < 4.78 is 5.59. The molecule has 0 spiro atoms. The summed E-state index contributed by atoms with van der Waals surface area (Å²) in [6, 6.07) is 8.13. The lowest BCUT2D eigenvalue weighted by Crippen LogP contribution is -2.44. The first kappa shape index (κ1) is 20.5. The van der Waals surface area contributed by atoms with Gasteiger partial charge in [-0.25, -0.2) is 9.97 Å². The maximum atomic E-state index is 11.9. The van der Waals surface area contributed by atoms with E-state index in [1.54, 1.807) is 4.90 Å². The van der Waals surface area contributed by atoms with Crippen LogP contribution in [0, 0.1) is 0 Å². The number of rotatable bonds is 7. The van der Waals surface area contributed by atoms with Crippen LogP contribution in [-0.2, 0) is 33.8 Å². The Kier molecular flexibility index (Phi) is 6.08. The first-order valence-corrected chi connectivity index (χ1v) is 10.6. The molecule has 7 heteroatoms. The average molecular weight is 409 g/mol. The molecule has 0 saturated carbocycles.